The van der Waals surface area contributed by atoms with E-state index in [9.17, 15) is 4.79 Å². The van der Waals surface area contributed by atoms with Crippen LogP contribution in [-0.2, 0) is 32.6 Å². The van der Waals surface area contributed by atoms with Crippen LogP contribution in [0.25, 0.3) is 0 Å². The number of carbonyl (C=O) groups excluding carboxylic acids is 1. The van der Waals surface area contributed by atoms with E-state index in [0.29, 0.717) is 6.61 Å². The first-order valence-electron chi connectivity index (χ1n) is 11.8. The number of carbonyl (C=O) groups is 1. The molecule has 0 aromatic carbocycles. The van der Waals surface area contributed by atoms with Crippen LogP contribution in [0.15, 0.2) is 0 Å². The van der Waals surface area contributed by atoms with E-state index in [0.717, 1.165) is 0 Å². The first-order valence-corrected chi connectivity index (χ1v) is 17.6. The van der Waals surface area contributed by atoms with Gasteiger partial charge in [-0.25, -0.2) is 4.79 Å². The fourth-order valence-electron chi connectivity index (χ4n) is 3.56. The van der Waals surface area contributed by atoms with Crippen LogP contribution >= 0.6 is 0 Å². The summed E-state index contributed by atoms with van der Waals surface area (Å²) >= 11 is 0. The molecule has 10 heteroatoms. The molecule has 2 saturated heterocycles. The lowest BCUT2D eigenvalue weighted by Gasteiger charge is -2.45. The monoisotopic (exact) mass is 505 g/mol. The molecule has 0 spiro atoms. The van der Waals surface area contributed by atoms with Gasteiger partial charge in [0.25, 0.3) is 0 Å². The van der Waals surface area contributed by atoms with Gasteiger partial charge in [0.15, 0.2) is 22.4 Å². The van der Waals surface area contributed by atoms with Gasteiger partial charge < -0.3 is 27.8 Å². The fraction of sp³-hybridized carbons (Fsp3) is 0.957. The predicted octanol–water partition coefficient (Wildman–Crippen LogP) is 4.15. The van der Waals surface area contributed by atoms with E-state index in [2.05, 4.69) is 67.7 Å². The lowest BCUT2D eigenvalue weighted by atomic mass is 10.0. The largest absolute Gasteiger partial charge is 0.466 e. The quantitative estimate of drug-likeness (QED) is 0.425. The molecule has 33 heavy (non-hydrogen) atoms. The average molecular weight is 506 g/mol. The van der Waals surface area contributed by atoms with Crippen molar-refractivity contribution in [3.63, 3.8) is 0 Å². The van der Waals surface area contributed by atoms with Gasteiger partial charge in [0.1, 0.15) is 24.4 Å². The van der Waals surface area contributed by atoms with Crippen LogP contribution in [0.3, 0.4) is 0 Å². The maximum Gasteiger partial charge on any atom is 0.356 e. The number of methoxy groups -OCH3 is 1. The van der Waals surface area contributed by atoms with Crippen LogP contribution in [-0.4, -0.2) is 72.2 Å². The van der Waals surface area contributed by atoms with Crippen LogP contribution in [0, 0.1) is 0 Å². The Kier molecular flexibility index (Phi) is 7.84. The molecule has 8 nitrogen and oxygen atoms in total. The molecular weight excluding hydrogens is 458 g/mol. The summed E-state index contributed by atoms with van der Waals surface area (Å²) in [6.07, 6.45) is -2.58. The second-order valence-electron chi connectivity index (χ2n) is 12.9. The smallest absolute Gasteiger partial charge is 0.356 e. The van der Waals surface area contributed by atoms with Gasteiger partial charge in [0.05, 0.1) is 13.7 Å². The minimum Gasteiger partial charge on any atom is -0.466 e. The van der Waals surface area contributed by atoms with E-state index in [1.807, 2.05) is 13.8 Å². The zero-order valence-corrected chi connectivity index (χ0v) is 25.0. The predicted molar refractivity (Wildman–Crippen MR) is 133 cm³/mol. The summed E-state index contributed by atoms with van der Waals surface area (Å²) in [6.45, 7) is 25.5. The molecular formula is C23H47NO7Si2. The van der Waals surface area contributed by atoms with E-state index >= 15 is 0 Å². The molecule has 2 aliphatic heterocycles. The topological polar surface area (TPSA) is 98.5 Å². The molecule has 2 aliphatic rings. The van der Waals surface area contributed by atoms with Gasteiger partial charge in [-0.3, -0.25) is 5.73 Å². The molecule has 194 valence electrons. The van der Waals surface area contributed by atoms with Crippen molar-refractivity contribution in [1.29, 1.82) is 0 Å². The molecule has 2 heterocycles. The standard InChI is InChI=1S/C23H47NO7Si2/c1-20(2,3)32(10,11)30-17-16(15-14-27-22(7,8)28-15)29-23(24,19(25)26-9)18(17)31-33(12,13)21(4,5)6/h15-18H,14,24H2,1-13H3/t15-,16-,17+,18-,23-/m1/s1. The minimum absolute atomic E-state index is 0.0729. The molecule has 0 aromatic rings. The Morgan fingerprint density at radius 3 is 1.82 bits per heavy atom. The van der Waals surface area contributed by atoms with Gasteiger partial charge in [0.2, 0.25) is 5.72 Å². The Morgan fingerprint density at radius 2 is 1.42 bits per heavy atom. The zero-order chi connectivity index (χ0) is 25.8. The summed E-state index contributed by atoms with van der Waals surface area (Å²) < 4.78 is 37.1. The lowest BCUT2D eigenvalue weighted by molar-refractivity contribution is -0.186. The van der Waals surface area contributed by atoms with E-state index < -0.39 is 58.5 Å². The van der Waals surface area contributed by atoms with Gasteiger partial charge in [-0.15, -0.1) is 0 Å². The second kappa shape index (κ2) is 8.95. The Balaban J connectivity index is 2.59. The maximum absolute atomic E-state index is 13.0. The minimum atomic E-state index is -2.38. The number of hydrogen-bond acceptors (Lipinski definition) is 8. The number of esters is 1. The number of nitrogens with two attached hydrogens (primary N) is 1. The van der Waals surface area contributed by atoms with E-state index in [1.165, 1.54) is 7.11 Å². The number of rotatable bonds is 6. The fourth-order valence-corrected chi connectivity index (χ4v) is 6.15. The zero-order valence-electron chi connectivity index (χ0n) is 23.0. The molecule has 2 fully saturated rings. The first-order chi connectivity index (χ1) is 14.6. The first kappa shape index (κ1) is 28.9. The summed E-state index contributed by atoms with van der Waals surface area (Å²) in [5.41, 5.74) is 4.87. The molecule has 0 bridgehead atoms. The van der Waals surface area contributed by atoms with Gasteiger partial charge in [-0.05, 0) is 50.1 Å². The molecule has 0 radical (unpaired) electrons. The molecule has 0 unspecified atom stereocenters. The van der Waals surface area contributed by atoms with Crippen LogP contribution < -0.4 is 5.73 Å². The molecule has 2 N–H and O–H groups in total. The van der Waals surface area contributed by atoms with Crippen LogP contribution in [0.2, 0.25) is 36.3 Å². The van der Waals surface area contributed by atoms with Crippen LogP contribution in [0.1, 0.15) is 55.4 Å². The molecule has 0 aromatic heterocycles. The Hall–Kier alpha value is -0.336. The van der Waals surface area contributed by atoms with Gasteiger partial charge in [-0.2, -0.15) is 0 Å². The Morgan fingerprint density at radius 1 is 0.939 bits per heavy atom. The SMILES string of the molecule is COC(=O)[C@]1(N)O[C@H]([C@H]2COC(C)(C)O2)[C@H](O[Si](C)(C)C(C)(C)C)[C@H]1O[Si](C)(C)C(C)(C)C. The van der Waals surface area contributed by atoms with E-state index in [1.54, 1.807) is 0 Å². The van der Waals surface area contributed by atoms with E-state index in [-0.39, 0.29) is 10.1 Å². The molecule has 0 aliphatic carbocycles. The van der Waals surface area contributed by atoms with Gasteiger partial charge in [0, 0.05) is 0 Å². The van der Waals surface area contributed by atoms with Crippen molar-refractivity contribution in [2.45, 2.75) is 128 Å². The van der Waals surface area contributed by atoms with Gasteiger partial charge in [-0.1, -0.05) is 41.5 Å². The van der Waals surface area contributed by atoms with Crippen molar-refractivity contribution < 1.29 is 32.6 Å². The highest BCUT2D eigenvalue weighted by Gasteiger charge is 2.65. The Labute approximate surface area is 202 Å². The highest BCUT2D eigenvalue weighted by atomic mass is 28.4. The van der Waals surface area contributed by atoms with Crippen molar-refractivity contribution in [2.24, 2.45) is 5.73 Å². The van der Waals surface area contributed by atoms with Crippen LogP contribution in [0.5, 0.6) is 0 Å². The summed E-state index contributed by atoms with van der Waals surface area (Å²) in [4.78, 5) is 13.0. The van der Waals surface area contributed by atoms with E-state index in [4.69, 9.17) is 33.5 Å². The number of ether oxygens (including phenoxy) is 4. The molecule has 5 atom stereocenters. The van der Waals surface area contributed by atoms with Crippen molar-refractivity contribution in [3.05, 3.63) is 0 Å². The third-order valence-electron chi connectivity index (χ3n) is 7.74. The molecule has 0 amide bonds. The third-order valence-corrected chi connectivity index (χ3v) is 16.7. The summed E-state index contributed by atoms with van der Waals surface area (Å²) in [7, 11) is -3.40. The normalized spacial score (nSPS) is 33.4. The van der Waals surface area contributed by atoms with Crippen molar-refractivity contribution in [1.82, 2.24) is 0 Å². The highest BCUT2D eigenvalue weighted by Crippen LogP contribution is 2.47. The lowest BCUT2D eigenvalue weighted by Crippen LogP contribution is -2.63. The number of hydrogen-bond donors (Lipinski definition) is 1. The van der Waals surface area contributed by atoms with Crippen LogP contribution in [0.4, 0.5) is 0 Å². The third kappa shape index (κ3) is 5.74. The van der Waals surface area contributed by atoms with Crippen molar-refractivity contribution in [2.75, 3.05) is 13.7 Å². The van der Waals surface area contributed by atoms with Crippen molar-refractivity contribution in [3.8, 4) is 0 Å². The van der Waals surface area contributed by atoms with Crippen molar-refractivity contribution >= 4 is 22.6 Å². The molecule has 0 saturated carbocycles. The molecule has 2 rings (SSSR count). The average Bonchev–Trinajstić information content (AvgIpc) is 3.11. The summed E-state index contributed by atoms with van der Waals surface area (Å²) in [5, 5.41) is -0.185. The Bertz CT molecular complexity index is 729. The highest BCUT2D eigenvalue weighted by molar-refractivity contribution is 6.74. The second-order valence-corrected chi connectivity index (χ2v) is 22.4. The summed E-state index contributed by atoms with van der Waals surface area (Å²) in [6, 6.07) is 0. The maximum atomic E-state index is 13.0. The van der Waals surface area contributed by atoms with Gasteiger partial charge >= 0.3 is 5.97 Å². The summed E-state index contributed by atoms with van der Waals surface area (Å²) in [5.74, 6) is -1.45.